The summed E-state index contributed by atoms with van der Waals surface area (Å²) in [4.78, 5) is 31.6. The highest BCUT2D eigenvalue weighted by atomic mass is 19.4. The van der Waals surface area contributed by atoms with Crippen LogP contribution in [0.5, 0.6) is 11.5 Å². The summed E-state index contributed by atoms with van der Waals surface area (Å²) < 4.78 is 47.5. The van der Waals surface area contributed by atoms with Crippen molar-refractivity contribution in [1.29, 1.82) is 0 Å². The van der Waals surface area contributed by atoms with Gasteiger partial charge in [0.15, 0.2) is 0 Å². The Labute approximate surface area is 259 Å². The Balaban J connectivity index is 1.12. The SMILES string of the molecule is CNC(=O)c1cc(Oc2ccc3c(c2)CC(C(=O)Nc2cc(CCN4Cc5ccccc5C4)cc(C(F)(F)F)c2)CC3)ccn1. The maximum absolute atomic E-state index is 13.8. The molecule has 7 nitrogen and oxygen atoms in total. The van der Waals surface area contributed by atoms with Crippen molar-refractivity contribution in [3.8, 4) is 11.5 Å². The predicted octanol–water partition coefficient (Wildman–Crippen LogP) is 6.55. The Morgan fingerprint density at radius 2 is 1.69 bits per heavy atom. The normalized spacial score (nSPS) is 16.0. The molecule has 232 valence electrons. The molecular weight excluding hydrogens is 581 g/mol. The number of hydrogen-bond donors (Lipinski definition) is 2. The predicted molar refractivity (Wildman–Crippen MR) is 164 cm³/mol. The van der Waals surface area contributed by atoms with E-state index in [2.05, 4.69) is 32.7 Å². The molecule has 0 radical (unpaired) electrons. The van der Waals surface area contributed by atoms with E-state index in [0.29, 0.717) is 49.3 Å². The summed E-state index contributed by atoms with van der Waals surface area (Å²) in [6.45, 7) is 2.16. The molecule has 1 atom stereocenters. The number of fused-ring (bicyclic) bond motifs is 2. The summed E-state index contributed by atoms with van der Waals surface area (Å²) in [5, 5.41) is 5.31. The van der Waals surface area contributed by atoms with Crippen LogP contribution in [0.1, 0.15) is 50.3 Å². The zero-order valence-corrected chi connectivity index (χ0v) is 24.8. The first-order valence-corrected chi connectivity index (χ1v) is 14.9. The summed E-state index contributed by atoms with van der Waals surface area (Å²) in [7, 11) is 1.52. The lowest BCUT2D eigenvalue weighted by Crippen LogP contribution is -2.28. The van der Waals surface area contributed by atoms with Crippen molar-refractivity contribution in [3.63, 3.8) is 0 Å². The molecule has 6 rings (SSSR count). The number of aryl methyl sites for hydroxylation is 1. The van der Waals surface area contributed by atoms with E-state index < -0.39 is 17.7 Å². The fourth-order valence-corrected chi connectivity index (χ4v) is 6.05. The highest BCUT2D eigenvalue weighted by Crippen LogP contribution is 2.34. The van der Waals surface area contributed by atoms with Gasteiger partial charge >= 0.3 is 6.18 Å². The van der Waals surface area contributed by atoms with Gasteiger partial charge in [0, 0.05) is 50.6 Å². The average molecular weight is 615 g/mol. The summed E-state index contributed by atoms with van der Waals surface area (Å²) in [5.74, 6) is -0.0489. The number of anilines is 1. The molecule has 0 spiro atoms. The van der Waals surface area contributed by atoms with Crippen LogP contribution in [-0.4, -0.2) is 35.3 Å². The summed E-state index contributed by atoms with van der Waals surface area (Å²) in [6, 6.07) is 20.8. The van der Waals surface area contributed by atoms with E-state index in [1.54, 1.807) is 18.2 Å². The molecule has 1 unspecified atom stereocenters. The molecule has 0 saturated carbocycles. The second kappa shape index (κ2) is 12.7. The van der Waals surface area contributed by atoms with Gasteiger partial charge in [0.1, 0.15) is 17.2 Å². The van der Waals surface area contributed by atoms with Crippen molar-refractivity contribution in [2.45, 2.75) is 44.9 Å². The number of benzene rings is 3. The van der Waals surface area contributed by atoms with Gasteiger partial charge in [0.2, 0.25) is 5.91 Å². The topological polar surface area (TPSA) is 83.6 Å². The zero-order valence-electron chi connectivity index (χ0n) is 24.8. The second-order valence-corrected chi connectivity index (χ2v) is 11.6. The molecule has 45 heavy (non-hydrogen) atoms. The summed E-state index contributed by atoms with van der Waals surface area (Å²) in [5.41, 5.74) is 4.66. The van der Waals surface area contributed by atoms with Gasteiger partial charge in [-0.05, 0) is 89.9 Å². The van der Waals surface area contributed by atoms with Crippen molar-refractivity contribution in [3.05, 3.63) is 118 Å². The molecule has 1 aliphatic carbocycles. The Hall–Kier alpha value is -4.70. The molecule has 2 heterocycles. The highest BCUT2D eigenvalue weighted by molar-refractivity contribution is 5.93. The van der Waals surface area contributed by atoms with E-state index in [1.807, 2.05) is 30.3 Å². The van der Waals surface area contributed by atoms with Crippen LogP contribution in [-0.2, 0) is 43.3 Å². The molecular formula is C35H33F3N4O3. The minimum Gasteiger partial charge on any atom is -0.457 e. The zero-order chi connectivity index (χ0) is 31.6. The molecule has 0 bridgehead atoms. The van der Waals surface area contributed by atoms with Crippen molar-refractivity contribution < 1.29 is 27.5 Å². The largest absolute Gasteiger partial charge is 0.457 e. The Morgan fingerprint density at radius 1 is 0.933 bits per heavy atom. The number of ether oxygens (including phenoxy) is 1. The number of halogens is 3. The standard InChI is InChI=1S/C35H33F3N4O3/c1-39-34(44)32-19-31(10-12-40-32)45-30-9-8-23-6-7-24(16-27(23)17-30)33(43)41-29-15-22(14-28(18-29)35(36,37)38)11-13-42-20-25-4-2-3-5-26(25)21-42/h2-5,8-10,12,14-15,17-19,24H,6-7,11,13,16,20-21H2,1H3,(H,39,44)(H,41,43). The molecule has 1 aliphatic heterocycles. The third-order valence-corrected chi connectivity index (χ3v) is 8.41. The Bertz CT molecular complexity index is 1710. The van der Waals surface area contributed by atoms with Gasteiger partial charge < -0.3 is 15.4 Å². The van der Waals surface area contributed by atoms with Crippen LogP contribution in [0.25, 0.3) is 0 Å². The number of amides is 2. The van der Waals surface area contributed by atoms with Gasteiger partial charge in [-0.3, -0.25) is 19.5 Å². The fraction of sp³-hybridized carbons (Fsp3) is 0.286. The second-order valence-electron chi connectivity index (χ2n) is 11.6. The van der Waals surface area contributed by atoms with E-state index in [-0.39, 0.29) is 23.2 Å². The number of aromatic nitrogens is 1. The van der Waals surface area contributed by atoms with Crippen molar-refractivity contribution >= 4 is 17.5 Å². The maximum Gasteiger partial charge on any atom is 0.416 e. The van der Waals surface area contributed by atoms with Crippen LogP contribution in [0.4, 0.5) is 18.9 Å². The monoisotopic (exact) mass is 614 g/mol. The van der Waals surface area contributed by atoms with Gasteiger partial charge in [0.05, 0.1) is 5.56 Å². The third-order valence-electron chi connectivity index (χ3n) is 8.41. The van der Waals surface area contributed by atoms with Crippen LogP contribution < -0.4 is 15.4 Å². The van der Waals surface area contributed by atoms with E-state index in [4.69, 9.17) is 4.74 Å². The minimum atomic E-state index is -4.53. The minimum absolute atomic E-state index is 0.155. The van der Waals surface area contributed by atoms with Gasteiger partial charge in [-0.1, -0.05) is 30.3 Å². The van der Waals surface area contributed by atoms with E-state index in [9.17, 15) is 22.8 Å². The van der Waals surface area contributed by atoms with Gasteiger partial charge in [-0.2, -0.15) is 13.2 Å². The fourth-order valence-electron chi connectivity index (χ4n) is 6.05. The molecule has 3 aromatic carbocycles. The molecule has 1 aromatic heterocycles. The number of hydrogen-bond acceptors (Lipinski definition) is 5. The Morgan fingerprint density at radius 3 is 2.42 bits per heavy atom. The molecule has 0 saturated heterocycles. The summed E-state index contributed by atoms with van der Waals surface area (Å²) >= 11 is 0. The molecule has 2 aliphatic rings. The number of carbonyl (C=O) groups excluding carboxylic acids is 2. The van der Waals surface area contributed by atoms with Gasteiger partial charge in [-0.15, -0.1) is 0 Å². The van der Waals surface area contributed by atoms with Gasteiger partial charge in [0.25, 0.3) is 5.91 Å². The lowest BCUT2D eigenvalue weighted by atomic mass is 9.83. The lowest BCUT2D eigenvalue weighted by molar-refractivity contribution is -0.137. The third kappa shape index (κ3) is 7.17. The first-order chi connectivity index (χ1) is 21.6. The van der Waals surface area contributed by atoms with Gasteiger partial charge in [-0.25, -0.2) is 0 Å². The first kappa shape index (κ1) is 30.3. The van der Waals surface area contributed by atoms with Crippen LogP contribution >= 0.6 is 0 Å². The van der Waals surface area contributed by atoms with Crippen molar-refractivity contribution in [2.24, 2.45) is 5.92 Å². The van der Waals surface area contributed by atoms with Crippen LogP contribution in [0, 0.1) is 5.92 Å². The number of rotatable bonds is 8. The highest BCUT2D eigenvalue weighted by Gasteiger charge is 2.32. The van der Waals surface area contributed by atoms with Crippen LogP contribution in [0.15, 0.2) is 79.0 Å². The smallest absolute Gasteiger partial charge is 0.416 e. The molecule has 2 amide bonds. The maximum atomic E-state index is 13.8. The quantitative estimate of drug-likeness (QED) is 0.235. The molecule has 10 heteroatoms. The van der Waals surface area contributed by atoms with E-state index in [1.165, 1.54) is 30.4 Å². The number of alkyl halides is 3. The lowest BCUT2D eigenvalue weighted by Gasteiger charge is -2.25. The van der Waals surface area contributed by atoms with E-state index in [0.717, 1.165) is 30.3 Å². The number of nitrogens with zero attached hydrogens (tertiary/aromatic N) is 2. The number of nitrogens with one attached hydrogen (secondary N) is 2. The van der Waals surface area contributed by atoms with Crippen LogP contribution in [0.3, 0.4) is 0 Å². The van der Waals surface area contributed by atoms with Crippen molar-refractivity contribution in [1.82, 2.24) is 15.2 Å². The number of carbonyl (C=O) groups is 2. The van der Waals surface area contributed by atoms with E-state index >= 15 is 0 Å². The average Bonchev–Trinajstić information content (AvgIpc) is 3.46. The Kier molecular flexibility index (Phi) is 8.58. The van der Waals surface area contributed by atoms with Crippen LogP contribution in [0.2, 0.25) is 0 Å². The summed E-state index contributed by atoms with van der Waals surface area (Å²) in [6.07, 6.45) is -0.934. The number of pyridine rings is 1. The molecule has 2 N–H and O–H groups in total. The first-order valence-electron chi connectivity index (χ1n) is 14.9. The van der Waals surface area contributed by atoms with Crippen molar-refractivity contribution in [2.75, 3.05) is 18.9 Å². The molecule has 0 fully saturated rings. The molecule has 4 aromatic rings.